The molecule has 4 rings (SSSR count). The number of anilines is 1. The van der Waals surface area contributed by atoms with Crippen LogP contribution >= 0.6 is 11.3 Å². The van der Waals surface area contributed by atoms with Crippen LogP contribution in [0.15, 0.2) is 42.7 Å². The van der Waals surface area contributed by atoms with Crippen LogP contribution in [0.25, 0.3) is 5.65 Å². The summed E-state index contributed by atoms with van der Waals surface area (Å²) in [6, 6.07) is 10.0. The zero-order valence-electron chi connectivity index (χ0n) is 14.3. The van der Waals surface area contributed by atoms with Crippen molar-refractivity contribution in [3.05, 3.63) is 70.1 Å². The lowest BCUT2D eigenvalue weighted by molar-refractivity contribution is 0.102. The number of hydrogen-bond donors (Lipinski definition) is 1. The molecule has 1 N–H and O–H groups in total. The van der Waals surface area contributed by atoms with Crippen molar-refractivity contribution in [3.8, 4) is 0 Å². The Morgan fingerprint density at radius 3 is 2.96 bits per heavy atom. The Bertz CT molecular complexity index is 1100. The molecule has 3 aromatic heterocycles. The summed E-state index contributed by atoms with van der Waals surface area (Å²) in [7, 11) is 0. The van der Waals surface area contributed by atoms with Gasteiger partial charge in [0.25, 0.3) is 5.91 Å². The molecule has 0 aliphatic rings. The van der Waals surface area contributed by atoms with Gasteiger partial charge in [-0.3, -0.25) is 10.1 Å². The van der Waals surface area contributed by atoms with Gasteiger partial charge in [0, 0.05) is 18.7 Å². The van der Waals surface area contributed by atoms with Crippen LogP contribution in [-0.2, 0) is 6.42 Å². The monoisotopic (exact) mass is 364 g/mol. The van der Waals surface area contributed by atoms with Crippen LogP contribution in [0.2, 0.25) is 0 Å². The van der Waals surface area contributed by atoms with E-state index in [1.165, 1.54) is 22.5 Å². The number of amides is 1. The Kier molecular flexibility index (Phi) is 4.18. The molecular weight excluding hydrogens is 348 g/mol. The van der Waals surface area contributed by atoms with E-state index in [2.05, 4.69) is 50.7 Å². The summed E-state index contributed by atoms with van der Waals surface area (Å²) in [5, 5.41) is 16.5. The van der Waals surface area contributed by atoms with Crippen molar-refractivity contribution >= 4 is 28.0 Å². The summed E-state index contributed by atoms with van der Waals surface area (Å²) in [6.07, 6.45) is 3.89. The Labute approximate surface area is 153 Å². The maximum absolute atomic E-state index is 12.6. The normalized spacial score (nSPS) is 11.0. The van der Waals surface area contributed by atoms with Gasteiger partial charge in [0.2, 0.25) is 5.13 Å². The van der Waals surface area contributed by atoms with E-state index in [-0.39, 0.29) is 5.91 Å². The second-order valence-corrected chi connectivity index (χ2v) is 7.04. The number of aryl methyl sites for hydroxylation is 2. The lowest BCUT2D eigenvalue weighted by atomic mass is 10.1. The highest BCUT2D eigenvalue weighted by molar-refractivity contribution is 7.15. The van der Waals surface area contributed by atoms with E-state index in [1.54, 1.807) is 23.0 Å². The predicted octanol–water partition coefficient (Wildman–Crippen LogP) is 3.04. The standard InChI is InChI=1S/C18H16N6OS/c1-11-4-3-5-13(8-11)9-16-22-23-18(26-16)21-17(25)14-10-19-15-6-7-20-24(15)12(14)2/h3-8,10H,9H2,1-2H3,(H,21,23,25). The number of carbonyl (C=O) groups is 1. The first-order valence-electron chi connectivity index (χ1n) is 8.09. The predicted molar refractivity (Wildman–Crippen MR) is 99.6 cm³/mol. The van der Waals surface area contributed by atoms with Crippen molar-refractivity contribution in [2.75, 3.05) is 5.32 Å². The maximum atomic E-state index is 12.6. The number of carbonyl (C=O) groups excluding carboxylic acids is 1. The average molecular weight is 364 g/mol. The summed E-state index contributed by atoms with van der Waals surface area (Å²) in [5.41, 5.74) is 4.26. The lowest BCUT2D eigenvalue weighted by Gasteiger charge is -2.06. The summed E-state index contributed by atoms with van der Waals surface area (Å²) in [4.78, 5) is 16.8. The molecule has 1 aromatic carbocycles. The van der Waals surface area contributed by atoms with Gasteiger partial charge < -0.3 is 0 Å². The largest absolute Gasteiger partial charge is 0.296 e. The van der Waals surface area contributed by atoms with E-state index in [4.69, 9.17) is 0 Å². The zero-order chi connectivity index (χ0) is 18.1. The summed E-state index contributed by atoms with van der Waals surface area (Å²) >= 11 is 1.37. The van der Waals surface area contributed by atoms with Gasteiger partial charge in [0.05, 0.1) is 17.5 Å². The highest BCUT2D eigenvalue weighted by Gasteiger charge is 2.15. The van der Waals surface area contributed by atoms with Gasteiger partial charge in [0.1, 0.15) is 5.01 Å². The molecule has 0 fully saturated rings. The molecule has 7 nitrogen and oxygen atoms in total. The summed E-state index contributed by atoms with van der Waals surface area (Å²) < 4.78 is 1.64. The molecule has 0 aliphatic carbocycles. The van der Waals surface area contributed by atoms with Crippen molar-refractivity contribution < 1.29 is 4.79 Å². The van der Waals surface area contributed by atoms with Gasteiger partial charge >= 0.3 is 0 Å². The smallest absolute Gasteiger partial charge is 0.260 e. The van der Waals surface area contributed by atoms with Gasteiger partial charge in [-0.25, -0.2) is 9.50 Å². The molecule has 3 heterocycles. The van der Waals surface area contributed by atoms with Crippen LogP contribution < -0.4 is 5.32 Å². The number of hydrogen-bond acceptors (Lipinski definition) is 6. The number of aromatic nitrogens is 5. The molecule has 8 heteroatoms. The molecule has 0 saturated heterocycles. The highest BCUT2D eigenvalue weighted by Crippen LogP contribution is 2.20. The van der Waals surface area contributed by atoms with Crippen LogP contribution in [0.4, 0.5) is 5.13 Å². The number of benzene rings is 1. The van der Waals surface area contributed by atoms with Crippen molar-refractivity contribution in [3.63, 3.8) is 0 Å². The fourth-order valence-corrected chi connectivity index (χ4v) is 3.52. The van der Waals surface area contributed by atoms with Gasteiger partial charge in [0.15, 0.2) is 5.65 Å². The topological polar surface area (TPSA) is 85.1 Å². The van der Waals surface area contributed by atoms with E-state index in [0.717, 1.165) is 10.7 Å². The minimum absolute atomic E-state index is 0.273. The Morgan fingerprint density at radius 1 is 1.23 bits per heavy atom. The SMILES string of the molecule is Cc1cccc(Cc2nnc(NC(=O)c3cnc4ccnn4c3C)s2)c1. The van der Waals surface area contributed by atoms with Gasteiger partial charge in [-0.15, -0.1) is 10.2 Å². The number of nitrogens with zero attached hydrogens (tertiary/aromatic N) is 5. The third kappa shape index (κ3) is 3.18. The number of fused-ring (bicyclic) bond motifs is 1. The van der Waals surface area contributed by atoms with Crippen molar-refractivity contribution in [2.45, 2.75) is 20.3 Å². The third-order valence-electron chi connectivity index (χ3n) is 4.03. The maximum Gasteiger partial charge on any atom is 0.260 e. The highest BCUT2D eigenvalue weighted by atomic mass is 32.1. The van der Waals surface area contributed by atoms with E-state index < -0.39 is 0 Å². The van der Waals surface area contributed by atoms with Crippen molar-refractivity contribution in [1.29, 1.82) is 0 Å². The van der Waals surface area contributed by atoms with Crippen molar-refractivity contribution in [1.82, 2.24) is 24.8 Å². The minimum Gasteiger partial charge on any atom is -0.296 e. The lowest BCUT2D eigenvalue weighted by Crippen LogP contribution is -2.16. The van der Waals surface area contributed by atoms with Crippen molar-refractivity contribution in [2.24, 2.45) is 0 Å². The Hall–Kier alpha value is -3.13. The molecule has 0 saturated carbocycles. The average Bonchev–Trinajstić information content (AvgIpc) is 3.25. The van der Waals surface area contributed by atoms with Gasteiger partial charge in [-0.2, -0.15) is 5.10 Å². The molecular formula is C18H16N6OS. The first kappa shape index (κ1) is 16.3. The van der Waals surface area contributed by atoms with Crippen LogP contribution in [0, 0.1) is 13.8 Å². The van der Waals surface area contributed by atoms with Crippen LogP contribution in [0.3, 0.4) is 0 Å². The molecule has 0 radical (unpaired) electrons. The molecule has 0 spiro atoms. The summed E-state index contributed by atoms with van der Waals surface area (Å²) in [6.45, 7) is 3.89. The fraction of sp³-hybridized carbons (Fsp3) is 0.167. The fourth-order valence-electron chi connectivity index (χ4n) is 2.75. The zero-order valence-corrected chi connectivity index (χ0v) is 15.1. The number of rotatable bonds is 4. The first-order valence-corrected chi connectivity index (χ1v) is 8.90. The second-order valence-electron chi connectivity index (χ2n) is 5.98. The third-order valence-corrected chi connectivity index (χ3v) is 4.86. The quantitative estimate of drug-likeness (QED) is 0.602. The Balaban J connectivity index is 1.51. The van der Waals surface area contributed by atoms with E-state index in [1.807, 2.05) is 13.0 Å². The molecule has 0 bridgehead atoms. The van der Waals surface area contributed by atoms with Crippen LogP contribution in [-0.4, -0.2) is 30.7 Å². The first-order chi connectivity index (χ1) is 12.6. The summed E-state index contributed by atoms with van der Waals surface area (Å²) in [5.74, 6) is -0.273. The minimum atomic E-state index is -0.273. The molecule has 130 valence electrons. The molecule has 0 aliphatic heterocycles. The molecule has 0 unspecified atom stereocenters. The van der Waals surface area contributed by atoms with Gasteiger partial charge in [-0.05, 0) is 19.4 Å². The Morgan fingerprint density at radius 2 is 2.12 bits per heavy atom. The molecule has 0 atom stereocenters. The second kappa shape index (κ2) is 6.64. The van der Waals surface area contributed by atoms with Crippen LogP contribution in [0.5, 0.6) is 0 Å². The van der Waals surface area contributed by atoms with E-state index >= 15 is 0 Å². The van der Waals surface area contributed by atoms with Crippen LogP contribution in [0.1, 0.15) is 32.2 Å². The molecule has 1 amide bonds. The van der Waals surface area contributed by atoms with E-state index in [0.29, 0.717) is 22.8 Å². The van der Waals surface area contributed by atoms with E-state index in [9.17, 15) is 4.79 Å². The molecule has 4 aromatic rings. The number of nitrogens with one attached hydrogen (secondary N) is 1. The molecule has 26 heavy (non-hydrogen) atoms. The van der Waals surface area contributed by atoms with Gasteiger partial charge in [-0.1, -0.05) is 41.2 Å².